The third-order valence-corrected chi connectivity index (χ3v) is 5.84. The zero-order chi connectivity index (χ0) is 25.3. The van der Waals surface area contributed by atoms with Gasteiger partial charge in [-0.1, -0.05) is 12.8 Å². The van der Waals surface area contributed by atoms with Crippen molar-refractivity contribution in [1.29, 1.82) is 0 Å². The highest BCUT2D eigenvalue weighted by atomic mass is 32.1. The molecule has 1 amide bonds. The van der Waals surface area contributed by atoms with Crippen molar-refractivity contribution in [2.24, 2.45) is 5.92 Å². The van der Waals surface area contributed by atoms with E-state index in [1.54, 1.807) is 23.1 Å². The van der Waals surface area contributed by atoms with E-state index in [1.807, 2.05) is 20.8 Å². The fourth-order valence-corrected chi connectivity index (χ4v) is 4.10. The second-order valence-electron chi connectivity index (χ2n) is 9.83. The standard InChI is InChI=1S/C15H21FN2O3.C11H14FNO.H2S/c1-15(2,3)21-14(19)18-9-5-6-11(18)10-20-12-7-4-8-17-13(12)16;12-11-10(6-3-7-13-11)14-8-9-4-1-2-5-9;/h4,7-8,11H,5-6,9-10H2,1-3H3;3,6-7,9H,1-2,4-5,8H2;1H2/t11-;;/m0../s1. The Bertz CT molecular complexity index is 955. The molecule has 10 heteroatoms. The van der Waals surface area contributed by atoms with Gasteiger partial charge in [0, 0.05) is 18.9 Å². The third kappa shape index (κ3) is 9.44. The fourth-order valence-electron chi connectivity index (χ4n) is 4.10. The largest absolute Gasteiger partial charge is 0.488 e. The first-order chi connectivity index (χ1) is 16.7. The summed E-state index contributed by atoms with van der Waals surface area (Å²) in [6.45, 7) is 7.00. The van der Waals surface area contributed by atoms with Crippen LogP contribution in [0.1, 0.15) is 59.3 Å². The van der Waals surface area contributed by atoms with Crippen molar-refractivity contribution in [2.75, 3.05) is 19.8 Å². The number of likely N-dealkylation sites (tertiary alicyclic amines) is 1. The van der Waals surface area contributed by atoms with Gasteiger partial charge in [-0.2, -0.15) is 22.3 Å². The smallest absolute Gasteiger partial charge is 0.410 e. The van der Waals surface area contributed by atoms with Crippen LogP contribution >= 0.6 is 13.5 Å². The van der Waals surface area contributed by atoms with Crippen LogP contribution in [-0.2, 0) is 4.74 Å². The molecule has 3 heterocycles. The molecule has 2 aromatic rings. The maximum atomic E-state index is 13.4. The van der Waals surface area contributed by atoms with Gasteiger partial charge < -0.3 is 19.1 Å². The normalized spacial score (nSPS) is 17.6. The zero-order valence-corrected chi connectivity index (χ0v) is 22.2. The number of aromatic nitrogens is 2. The highest BCUT2D eigenvalue weighted by Crippen LogP contribution is 2.26. The van der Waals surface area contributed by atoms with Crippen LogP contribution < -0.4 is 9.47 Å². The van der Waals surface area contributed by atoms with Gasteiger partial charge in [-0.25, -0.2) is 14.8 Å². The number of hydrogen-bond acceptors (Lipinski definition) is 6. The Morgan fingerprint density at radius 3 is 2.03 bits per heavy atom. The Balaban J connectivity index is 0.000000265. The molecule has 2 aromatic heterocycles. The zero-order valence-electron chi connectivity index (χ0n) is 21.2. The van der Waals surface area contributed by atoms with Crippen LogP contribution in [0.25, 0.3) is 0 Å². The van der Waals surface area contributed by atoms with Crippen molar-refractivity contribution in [3.63, 3.8) is 0 Å². The maximum Gasteiger partial charge on any atom is 0.410 e. The summed E-state index contributed by atoms with van der Waals surface area (Å²) in [6, 6.07) is 6.34. The molecule has 2 aliphatic rings. The number of hydrogen-bond donors (Lipinski definition) is 0. The number of carbonyl (C=O) groups excluding carboxylic acids is 1. The van der Waals surface area contributed by atoms with E-state index in [1.165, 1.54) is 44.1 Å². The van der Waals surface area contributed by atoms with Crippen LogP contribution in [0.2, 0.25) is 0 Å². The number of halogens is 2. The lowest BCUT2D eigenvalue weighted by Crippen LogP contribution is -2.42. The van der Waals surface area contributed by atoms with Crippen molar-refractivity contribution in [2.45, 2.75) is 70.9 Å². The van der Waals surface area contributed by atoms with Gasteiger partial charge in [0.2, 0.25) is 0 Å². The van der Waals surface area contributed by atoms with Crippen molar-refractivity contribution < 1.29 is 27.8 Å². The molecule has 1 atom stereocenters. The lowest BCUT2D eigenvalue weighted by Gasteiger charge is -2.28. The molecular weight excluding hydrogens is 488 g/mol. The lowest BCUT2D eigenvalue weighted by atomic mass is 10.1. The minimum absolute atomic E-state index is 0. The monoisotopic (exact) mass is 525 g/mol. The Morgan fingerprint density at radius 2 is 1.50 bits per heavy atom. The fraction of sp³-hybridized carbons (Fsp3) is 0.577. The summed E-state index contributed by atoms with van der Waals surface area (Å²) >= 11 is 0. The van der Waals surface area contributed by atoms with E-state index in [4.69, 9.17) is 14.2 Å². The van der Waals surface area contributed by atoms with Crippen LogP contribution in [0.3, 0.4) is 0 Å². The molecule has 0 radical (unpaired) electrons. The predicted molar refractivity (Wildman–Crippen MR) is 138 cm³/mol. The number of amides is 1. The van der Waals surface area contributed by atoms with Gasteiger partial charge in [-0.15, -0.1) is 0 Å². The summed E-state index contributed by atoms with van der Waals surface area (Å²) in [5.41, 5.74) is -0.527. The molecule has 0 aromatic carbocycles. The molecule has 7 nitrogen and oxygen atoms in total. The Labute approximate surface area is 219 Å². The number of carbonyl (C=O) groups is 1. The van der Waals surface area contributed by atoms with E-state index in [9.17, 15) is 13.6 Å². The van der Waals surface area contributed by atoms with E-state index in [0.717, 1.165) is 12.8 Å². The summed E-state index contributed by atoms with van der Waals surface area (Å²) in [4.78, 5) is 20.8. The van der Waals surface area contributed by atoms with E-state index in [0.29, 0.717) is 19.1 Å². The van der Waals surface area contributed by atoms with Gasteiger partial charge in [0.25, 0.3) is 11.9 Å². The average Bonchev–Trinajstić information content (AvgIpc) is 3.49. The number of nitrogens with zero attached hydrogens (tertiary/aromatic N) is 3. The first-order valence-corrected chi connectivity index (χ1v) is 12.2. The van der Waals surface area contributed by atoms with Crippen molar-refractivity contribution in [3.05, 3.63) is 48.6 Å². The molecule has 0 N–H and O–H groups in total. The quantitative estimate of drug-likeness (QED) is 0.437. The van der Waals surface area contributed by atoms with Crippen molar-refractivity contribution in [3.8, 4) is 11.5 Å². The molecule has 1 aliphatic carbocycles. The van der Waals surface area contributed by atoms with Gasteiger partial charge >= 0.3 is 6.09 Å². The maximum absolute atomic E-state index is 13.4. The SMILES string of the molecule is CC(C)(C)OC(=O)N1CCC[C@H]1COc1cccnc1F.Fc1ncccc1OCC1CCCC1.S. The molecule has 1 saturated heterocycles. The van der Waals surface area contributed by atoms with Crippen molar-refractivity contribution in [1.82, 2.24) is 14.9 Å². The Kier molecular flexibility index (Phi) is 11.7. The van der Waals surface area contributed by atoms with Crippen LogP contribution in [0.5, 0.6) is 11.5 Å². The van der Waals surface area contributed by atoms with Crippen LogP contribution in [0.15, 0.2) is 36.7 Å². The van der Waals surface area contributed by atoms with Crippen LogP contribution in [-0.4, -0.2) is 52.4 Å². The van der Waals surface area contributed by atoms with Crippen LogP contribution in [0.4, 0.5) is 13.6 Å². The lowest BCUT2D eigenvalue weighted by molar-refractivity contribution is 0.0186. The van der Waals surface area contributed by atoms with Gasteiger partial charge in [0.15, 0.2) is 11.5 Å². The van der Waals surface area contributed by atoms with E-state index in [-0.39, 0.29) is 43.7 Å². The minimum Gasteiger partial charge on any atom is -0.488 e. The van der Waals surface area contributed by atoms with E-state index < -0.39 is 17.5 Å². The molecule has 36 heavy (non-hydrogen) atoms. The molecule has 4 rings (SSSR count). The minimum atomic E-state index is -0.640. The van der Waals surface area contributed by atoms with Crippen LogP contribution in [0, 0.1) is 17.8 Å². The topological polar surface area (TPSA) is 73.8 Å². The highest BCUT2D eigenvalue weighted by molar-refractivity contribution is 7.59. The second-order valence-corrected chi connectivity index (χ2v) is 9.83. The Morgan fingerprint density at radius 1 is 0.944 bits per heavy atom. The molecule has 0 spiro atoms. The molecule has 1 saturated carbocycles. The van der Waals surface area contributed by atoms with Crippen molar-refractivity contribution >= 4 is 19.6 Å². The molecular formula is C26H37F2N3O4S. The molecule has 0 unspecified atom stereocenters. The first-order valence-electron chi connectivity index (χ1n) is 12.2. The number of pyridine rings is 2. The van der Waals surface area contributed by atoms with E-state index >= 15 is 0 Å². The molecule has 200 valence electrons. The number of rotatable bonds is 6. The summed E-state index contributed by atoms with van der Waals surface area (Å²) in [5.74, 6) is -0.160. The summed E-state index contributed by atoms with van der Waals surface area (Å²) in [7, 11) is 0. The first kappa shape index (κ1) is 29.6. The summed E-state index contributed by atoms with van der Waals surface area (Å²) in [5, 5.41) is 0. The molecule has 2 fully saturated rings. The van der Waals surface area contributed by atoms with E-state index in [2.05, 4.69) is 9.97 Å². The predicted octanol–water partition coefficient (Wildman–Crippen LogP) is 5.90. The number of ether oxygens (including phenoxy) is 3. The average molecular weight is 526 g/mol. The summed E-state index contributed by atoms with van der Waals surface area (Å²) in [6.07, 6.45) is 9.14. The summed E-state index contributed by atoms with van der Waals surface area (Å²) < 4.78 is 42.6. The van der Waals surface area contributed by atoms with Gasteiger partial charge in [0.05, 0.1) is 12.6 Å². The highest BCUT2D eigenvalue weighted by Gasteiger charge is 2.32. The second kappa shape index (κ2) is 14.2. The molecule has 0 bridgehead atoms. The van der Waals surface area contributed by atoms with Gasteiger partial charge in [0.1, 0.15) is 12.2 Å². The molecule has 1 aliphatic heterocycles. The third-order valence-electron chi connectivity index (χ3n) is 5.84. The van der Waals surface area contributed by atoms with Gasteiger partial charge in [-0.05, 0) is 76.6 Å². The Hall–Kier alpha value is -2.62. The van der Waals surface area contributed by atoms with Gasteiger partial charge in [-0.3, -0.25) is 0 Å².